The summed E-state index contributed by atoms with van der Waals surface area (Å²) >= 11 is 0. The molecule has 4 aromatic rings. The maximum Gasteiger partial charge on any atom is 0.247 e. The van der Waals surface area contributed by atoms with Crippen LogP contribution >= 0.6 is 0 Å². The molecule has 9 nitrogen and oxygen atoms in total. The number of ether oxygens (including phenoxy) is 1. The monoisotopic (exact) mass is 572 g/mol. The van der Waals surface area contributed by atoms with Crippen LogP contribution in [-0.4, -0.2) is 71.4 Å². The van der Waals surface area contributed by atoms with Crippen molar-refractivity contribution in [2.24, 2.45) is 0 Å². The number of benzene rings is 3. The second-order valence-corrected chi connectivity index (χ2v) is 9.90. The molecular formula is C31H30F2N6O3. The van der Waals surface area contributed by atoms with Crippen LogP contribution in [0.15, 0.2) is 73.6 Å². The normalized spacial score (nSPS) is 13.7. The Morgan fingerprint density at radius 3 is 2.64 bits per heavy atom. The summed E-state index contributed by atoms with van der Waals surface area (Å²) in [5.41, 5.74) is 1.72. The third-order valence-corrected chi connectivity index (χ3v) is 6.90. The summed E-state index contributed by atoms with van der Waals surface area (Å²) < 4.78 is 34.8. The topological polar surface area (TPSA) is 99.7 Å². The molecule has 1 aromatic heterocycles. The number of halogens is 2. The quantitative estimate of drug-likeness (QED) is 0.204. The summed E-state index contributed by atoms with van der Waals surface area (Å²) in [6.07, 6.45) is 3.15. The fraction of sp³-hybridized carbons (Fsp3) is 0.226. The van der Waals surface area contributed by atoms with Crippen LogP contribution in [-0.2, 0) is 9.59 Å². The number of aromatic nitrogens is 2. The molecule has 2 heterocycles. The highest BCUT2D eigenvalue weighted by molar-refractivity contribution is 6.03. The Kier molecular flexibility index (Phi) is 8.68. The van der Waals surface area contributed by atoms with Gasteiger partial charge in [-0.2, -0.15) is 0 Å². The number of amides is 2. The molecule has 1 fully saturated rings. The predicted octanol–water partition coefficient (Wildman–Crippen LogP) is 4.99. The molecule has 216 valence electrons. The summed E-state index contributed by atoms with van der Waals surface area (Å²) in [5.74, 6) is -0.831. The van der Waals surface area contributed by atoms with Gasteiger partial charge in [-0.1, -0.05) is 24.8 Å². The third-order valence-electron chi connectivity index (χ3n) is 6.90. The van der Waals surface area contributed by atoms with Gasteiger partial charge in [-0.15, -0.1) is 0 Å². The number of piperazine rings is 1. The number of fused-ring (bicyclic) bond motifs is 1. The van der Waals surface area contributed by atoms with Gasteiger partial charge in [0, 0.05) is 36.8 Å². The zero-order valence-electron chi connectivity index (χ0n) is 23.1. The number of hydrogen-bond acceptors (Lipinski definition) is 7. The van der Waals surface area contributed by atoms with Crippen LogP contribution < -0.4 is 15.4 Å². The van der Waals surface area contributed by atoms with Gasteiger partial charge in [0.1, 0.15) is 29.5 Å². The molecule has 2 N–H and O–H groups in total. The van der Waals surface area contributed by atoms with Crippen molar-refractivity contribution in [1.29, 1.82) is 0 Å². The maximum absolute atomic E-state index is 14.4. The first kappa shape index (κ1) is 28.6. The minimum absolute atomic E-state index is 0.0923. The second kappa shape index (κ2) is 12.7. The summed E-state index contributed by atoms with van der Waals surface area (Å²) in [6, 6.07) is 13.8. The van der Waals surface area contributed by atoms with E-state index < -0.39 is 17.5 Å². The Morgan fingerprint density at radius 1 is 1.10 bits per heavy atom. The number of anilines is 3. The van der Waals surface area contributed by atoms with Crippen molar-refractivity contribution in [3.63, 3.8) is 0 Å². The molecule has 0 saturated carbocycles. The first-order valence-corrected chi connectivity index (χ1v) is 13.4. The van der Waals surface area contributed by atoms with E-state index in [0.717, 1.165) is 12.6 Å². The second-order valence-electron chi connectivity index (χ2n) is 9.90. The van der Waals surface area contributed by atoms with Crippen LogP contribution in [0.3, 0.4) is 0 Å². The van der Waals surface area contributed by atoms with E-state index in [9.17, 15) is 18.4 Å². The van der Waals surface area contributed by atoms with E-state index in [1.165, 1.54) is 24.5 Å². The van der Waals surface area contributed by atoms with E-state index in [1.807, 2.05) is 16.8 Å². The van der Waals surface area contributed by atoms with Gasteiger partial charge in [0.15, 0.2) is 0 Å². The minimum Gasteiger partial charge on any atom is -0.491 e. The molecule has 1 saturated heterocycles. The number of likely N-dealkylation sites (N-methyl/N-ethyl adjacent to an activating group) is 1. The fourth-order valence-corrected chi connectivity index (χ4v) is 4.75. The predicted molar refractivity (Wildman–Crippen MR) is 158 cm³/mol. The van der Waals surface area contributed by atoms with E-state index in [-0.39, 0.29) is 11.5 Å². The molecule has 1 aliphatic heterocycles. The number of nitrogens with one attached hydrogen (secondary N) is 2. The van der Waals surface area contributed by atoms with Gasteiger partial charge in [-0.05, 0) is 55.4 Å². The Labute approximate surface area is 241 Å². The lowest BCUT2D eigenvalue weighted by Gasteiger charge is -2.32. The van der Waals surface area contributed by atoms with Gasteiger partial charge in [-0.25, -0.2) is 18.7 Å². The molecule has 0 atom stereocenters. The van der Waals surface area contributed by atoms with Crippen molar-refractivity contribution in [2.45, 2.75) is 6.42 Å². The smallest absolute Gasteiger partial charge is 0.247 e. The molecule has 0 spiro atoms. The first-order valence-electron chi connectivity index (χ1n) is 13.4. The highest BCUT2D eigenvalue weighted by atomic mass is 19.1. The number of hydrogen-bond donors (Lipinski definition) is 2. The van der Waals surface area contributed by atoms with E-state index in [2.05, 4.69) is 27.2 Å². The maximum atomic E-state index is 14.4. The van der Waals surface area contributed by atoms with Crippen molar-refractivity contribution in [3.05, 3.63) is 85.2 Å². The van der Waals surface area contributed by atoms with Crippen LogP contribution in [0, 0.1) is 11.6 Å². The van der Waals surface area contributed by atoms with Crippen LogP contribution in [0.25, 0.3) is 22.0 Å². The Hall–Kier alpha value is -4.90. The van der Waals surface area contributed by atoms with Crippen molar-refractivity contribution in [3.8, 4) is 16.9 Å². The molecule has 5 rings (SSSR count). The van der Waals surface area contributed by atoms with Crippen molar-refractivity contribution in [1.82, 2.24) is 19.8 Å². The summed E-state index contributed by atoms with van der Waals surface area (Å²) in [6.45, 7) is 6.32. The molecule has 0 unspecified atom stereocenters. The Bertz CT molecular complexity index is 1630. The largest absolute Gasteiger partial charge is 0.491 e. The SMILES string of the molecule is C=CC(=O)Nc1cc2c(Nc3cccc(-c4c(F)cccc4F)c3)ncnc2cc1OCCCN1CCN(C)CC1=O. The molecular weight excluding hydrogens is 542 g/mol. The van der Waals surface area contributed by atoms with Gasteiger partial charge < -0.3 is 20.3 Å². The van der Waals surface area contributed by atoms with Crippen LogP contribution in [0.4, 0.5) is 26.0 Å². The molecule has 1 aliphatic rings. The molecule has 42 heavy (non-hydrogen) atoms. The van der Waals surface area contributed by atoms with Gasteiger partial charge in [0.2, 0.25) is 11.8 Å². The molecule has 3 aromatic carbocycles. The average Bonchev–Trinajstić information content (AvgIpc) is 2.97. The summed E-state index contributed by atoms with van der Waals surface area (Å²) in [5, 5.41) is 6.54. The lowest BCUT2D eigenvalue weighted by Crippen LogP contribution is -2.49. The van der Waals surface area contributed by atoms with Crippen molar-refractivity contribution >= 4 is 39.9 Å². The fourth-order valence-electron chi connectivity index (χ4n) is 4.75. The summed E-state index contributed by atoms with van der Waals surface area (Å²) in [4.78, 5) is 37.0. The lowest BCUT2D eigenvalue weighted by molar-refractivity contribution is -0.135. The standard InChI is InChI=1S/C31H30F2N6O3/c1-3-28(40)37-26-16-22-25(17-27(26)42-14-6-11-39-13-12-38(2)18-29(39)41)34-19-35-31(22)36-21-8-4-7-20(15-21)30-23(32)9-5-10-24(30)33/h3-5,7-10,15-17,19H,1,6,11-14,18H2,2H3,(H,37,40)(H,34,35,36). The lowest BCUT2D eigenvalue weighted by atomic mass is 10.0. The van der Waals surface area contributed by atoms with E-state index in [1.54, 1.807) is 36.4 Å². The van der Waals surface area contributed by atoms with E-state index in [4.69, 9.17) is 4.74 Å². The number of carbonyl (C=O) groups excluding carboxylic acids is 2. The number of nitrogens with zero attached hydrogens (tertiary/aromatic N) is 4. The molecule has 11 heteroatoms. The molecule has 0 aliphatic carbocycles. The van der Waals surface area contributed by atoms with Gasteiger partial charge in [-0.3, -0.25) is 14.5 Å². The Morgan fingerprint density at radius 2 is 1.88 bits per heavy atom. The van der Waals surface area contributed by atoms with Crippen molar-refractivity contribution < 1.29 is 23.1 Å². The van der Waals surface area contributed by atoms with Crippen LogP contribution in [0.1, 0.15) is 6.42 Å². The van der Waals surface area contributed by atoms with Crippen molar-refractivity contribution in [2.75, 3.05) is 50.5 Å². The average molecular weight is 573 g/mol. The zero-order valence-corrected chi connectivity index (χ0v) is 23.1. The highest BCUT2D eigenvalue weighted by Crippen LogP contribution is 2.34. The molecule has 0 radical (unpaired) electrons. The zero-order chi connectivity index (χ0) is 29.6. The van der Waals surface area contributed by atoms with Crippen LogP contribution in [0.2, 0.25) is 0 Å². The van der Waals surface area contributed by atoms with E-state index in [0.29, 0.717) is 72.1 Å². The number of rotatable bonds is 10. The molecule has 2 amide bonds. The first-order chi connectivity index (χ1) is 20.3. The van der Waals surface area contributed by atoms with Gasteiger partial charge >= 0.3 is 0 Å². The van der Waals surface area contributed by atoms with Crippen LogP contribution in [0.5, 0.6) is 5.75 Å². The number of carbonyl (C=O) groups is 2. The van der Waals surface area contributed by atoms with Gasteiger partial charge in [0.05, 0.1) is 29.9 Å². The minimum atomic E-state index is -0.662. The highest BCUT2D eigenvalue weighted by Gasteiger charge is 2.21. The summed E-state index contributed by atoms with van der Waals surface area (Å²) in [7, 11) is 1.92. The van der Waals surface area contributed by atoms with E-state index >= 15 is 0 Å². The Balaban J connectivity index is 1.38. The van der Waals surface area contributed by atoms with Gasteiger partial charge in [0.25, 0.3) is 0 Å². The molecule has 0 bridgehead atoms. The third kappa shape index (κ3) is 6.52.